The third kappa shape index (κ3) is 2.97. The fourth-order valence-corrected chi connectivity index (χ4v) is 1.95. The molecule has 1 aromatic carbocycles. The molecule has 0 saturated heterocycles. The highest BCUT2D eigenvalue weighted by Crippen LogP contribution is 2.24. The topological polar surface area (TPSA) is 83.0 Å². The zero-order valence-corrected chi connectivity index (χ0v) is 11.8. The van der Waals surface area contributed by atoms with Crippen LogP contribution in [-0.2, 0) is 11.3 Å². The summed E-state index contributed by atoms with van der Waals surface area (Å²) in [5.41, 5.74) is 7.11. The first-order chi connectivity index (χ1) is 9.67. The molecule has 2 N–H and O–H groups in total. The average Bonchev–Trinajstić information content (AvgIpc) is 2.84. The second-order valence-corrected chi connectivity index (χ2v) is 4.46. The summed E-state index contributed by atoms with van der Waals surface area (Å²) < 4.78 is 6.59. The van der Waals surface area contributed by atoms with Crippen molar-refractivity contribution in [3.8, 4) is 11.3 Å². The van der Waals surface area contributed by atoms with Gasteiger partial charge in [-0.25, -0.2) is 9.48 Å². The SMILES string of the molecule is CCOC(=O)c1nnn(CCN)c1-c1ccc(Cl)cc1. The number of carbonyl (C=O) groups excluding carboxylic acids is 1. The van der Waals surface area contributed by atoms with Crippen molar-refractivity contribution in [3.05, 3.63) is 35.0 Å². The number of benzene rings is 1. The fourth-order valence-electron chi connectivity index (χ4n) is 1.82. The van der Waals surface area contributed by atoms with Crippen LogP contribution in [0.3, 0.4) is 0 Å². The summed E-state index contributed by atoms with van der Waals surface area (Å²) in [5, 5.41) is 8.48. The van der Waals surface area contributed by atoms with Gasteiger partial charge in [0.05, 0.1) is 13.2 Å². The molecule has 0 radical (unpaired) electrons. The Balaban J connectivity index is 2.49. The van der Waals surface area contributed by atoms with Crippen molar-refractivity contribution in [3.63, 3.8) is 0 Å². The smallest absolute Gasteiger partial charge is 0.361 e. The molecule has 0 aliphatic carbocycles. The van der Waals surface area contributed by atoms with E-state index in [1.54, 1.807) is 35.9 Å². The van der Waals surface area contributed by atoms with E-state index in [1.165, 1.54) is 0 Å². The summed E-state index contributed by atoms with van der Waals surface area (Å²) in [7, 11) is 0. The molecular formula is C13H15ClN4O2. The average molecular weight is 295 g/mol. The van der Waals surface area contributed by atoms with Crippen molar-refractivity contribution in [2.45, 2.75) is 13.5 Å². The number of rotatable bonds is 5. The van der Waals surface area contributed by atoms with Crippen molar-refractivity contribution >= 4 is 17.6 Å². The predicted molar refractivity (Wildman–Crippen MR) is 75.5 cm³/mol. The zero-order chi connectivity index (χ0) is 14.5. The number of esters is 1. The number of halogens is 1. The van der Waals surface area contributed by atoms with Gasteiger partial charge in [-0.2, -0.15) is 0 Å². The van der Waals surface area contributed by atoms with E-state index in [4.69, 9.17) is 22.1 Å². The quantitative estimate of drug-likeness (QED) is 0.849. The van der Waals surface area contributed by atoms with Gasteiger partial charge < -0.3 is 10.5 Å². The van der Waals surface area contributed by atoms with E-state index in [0.29, 0.717) is 23.8 Å². The van der Waals surface area contributed by atoms with E-state index < -0.39 is 5.97 Å². The highest BCUT2D eigenvalue weighted by atomic mass is 35.5. The maximum absolute atomic E-state index is 11.9. The summed E-state index contributed by atoms with van der Waals surface area (Å²) in [6, 6.07) is 7.09. The Bertz CT molecular complexity index is 595. The van der Waals surface area contributed by atoms with Crippen LogP contribution in [0.4, 0.5) is 0 Å². The molecule has 0 fully saturated rings. The van der Waals surface area contributed by atoms with E-state index in [0.717, 1.165) is 5.56 Å². The van der Waals surface area contributed by atoms with E-state index in [2.05, 4.69) is 10.3 Å². The molecule has 2 rings (SSSR count). The van der Waals surface area contributed by atoms with E-state index in [-0.39, 0.29) is 12.3 Å². The molecule has 0 spiro atoms. The molecule has 0 saturated carbocycles. The molecule has 0 atom stereocenters. The van der Waals surface area contributed by atoms with Gasteiger partial charge in [-0.1, -0.05) is 28.9 Å². The Morgan fingerprint density at radius 2 is 2.10 bits per heavy atom. The lowest BCUT2D eigenvalue weighted by Gasteiger charge is -2.07. The molecule has 1 aromatic heterocycles. The van der Waals surface area contributed by atoms with Gasteiger partial charge in [0.15, 0.2) is 5.69 Å². The standard InChI is InChI=1S/C13H15ClN4O2/c1-2-20-13(19)11-12(18(8-7-15)17-16-11)9-3-5-10(14)6-4-9/h3-6H,2,7-8,15H2,1H3. The highest BCUT2D eigenvalue weighted by Gasteiger charge is 2.21. The molecular weight excluding hydrogens is 280 g/mol. The minimum Gasteiger partial charge on any atom is -0.461 e. The molecule has 2 aromatic rings. The first-order valence-electron chi connectivity index (χ1n) is 6.24. The Morgan fingerprint density at radius 3 is 2.70 bits per heavy atom. The molecule has 6 nitrogen and oxygen atoms in total. The Hall–Kier alpha value is -1.92. The molecule has 0 unspecified atom stereocenters. The lowest BCUT2D eigenvalue weighted by atomic mass is 10.1. The largest absolute Gasteiger partial charge is 0.461 e. The van der Waals surface area contributed by atoms with Crippen molar-refractivity contribution in [1.29, 1.82) is 0 Å². The fraction of sp³-hybridized carbons (Fsp3) is 0.308. The molecule has 0 aliphatic rings. The monoisotopic (exact) mass is 294 g/mol. The van der Waals surface area contributed by atoms with Crippen LogP contribution in [0.15, 0.2) is 24.3 Å². The van der Waals surface area contributed by atoms with Gasteiger partial charge in [-0.05, 0) is 19.1 Å². The molecule has 20 heavy (non-hydrogen) atoms. The Kier molecular flexibility index (Phi) is 4.70. The minimum absolute atomic E-state index is 0.183. The second kappa shape index (κ2) is 6.49. The van der Waals surface area contributed by atoms with Gasteiger partial charge in [-0.15, -0.1) is 5.10 Å². The van der Waals surface area contributed by atoms with Gasteiger partial charge in [0.1, 0.15) is 5.69 Å². The maximum atomic E-state index is 11.9. The van der Waals surface area contributed by atoms with Gasteiger partial charge >= 0.3 is 5.97 Å². The number of hydrogen-bond acceptors (Lipinski definition) is 5. The number of nitrogens with zero attached hydrogens (tertiary/aromatic N) is 3. The van der Waals surface area contributed by atoms with Crippen molar-refractivity contribution in [2.75, 3.05) is 13.2 Å². The highest BCUT2D eigenvalue weighted by molar-refractivity contribution is 6.30. The van der Waals surface area contributed by atoms with Crippen LogP contribution >= 0.6 is 11.6 Å². The summed E-state index contributed by atoms with van der Waals surface area (Å²) in [5.74, 6) is -0.499. The van der Waals surface area contributed by atoms with Crippen LogP contribution in [0.2, 0.25) is 5.02 Å². The number of carbonyl (C=O) groups is 1. The summed E-state index contributed by atoms with van der Waals surface area (Å²) in [4.78, 5) is 11.9. The van der Waals surface area contributed by atoms with E-state index in [9.17, 15) is 4.79 Å². The first kappa shape index (κ1) is 14.5. The van der Waals surface area contributed by atoms with Crippen molar-refractivity contribution < 1.29 is 9.53 Å². The molecule has 0 aliphatic heterocycles. The number of nitrogens with two attached hydrogens (primary N) is 1. The van der Waals surface area contributed by atoms with Crippen LogP contribution in [0.25, 0.3) is 11.3 Å². The normalized spacial score (nSPS) is 10.6. The van der Waals surface area contributed by atoms with E-state index >= 15 is 0 Å². The molecule has 106 valence electrons. The molecule has 7 heteroatoms. The molecule has 1 heterocycles. The number of ether oxygens (including phenoxy) is 1. The third-order valence-corrected chi connectivity index (χ3v) is 2.91. The lowest BCUT2D eigenvalue weighted by molar-refractivity contribution is 0.0520. The predicted octanol–water partition coefficient (Wildman–Crippen LogP) is 1.73. The Labute approximate surface area is 121 Å². The summed E-state index contributed by atoms with van der Waals surface area (Å²) >= 11 is 5.88. The van der Waals surface area contributed by atoms with Crippen LogP contribution in [0, 0.1) is 0 Å². The number of hydrogen-bond donors (Lipinski definition) is 1. The van der Waals surface area contributed by atoms with Crippen LogP contribution in [0.1, 0.15) is 17.4 Å². The van der Waals surface area contributed by atoms with Crippen molar-refractivity contribution in [1.82, 2.24) is 15.0 Å². The van der Waals surface area contributed by atoms with Crippen LogP contribution in [0.5, 0.6) is 0 Å². The molecule has 0 bridgehead atoms. The number of aromatic nitrogens is 3. The third-order valence-electron chi connectivity index (χ3n) is 2.66. The van der Waals surface area contributed by atoms with Crippen LogP contribution < -0.4 is 5.73 Å². The lowest BCUT2D eigenvalue weighted by Crippen LogP contribution is -2.13. The van der Waals surface area contributed by atoms with E-state index in [1.807, 2.05) is 0 Å². The van der Waals surface area contributed by atoms with Gasteiger partial charge in [0.25, 0.3) is 0 Å². The van der Waals surface area contributed by atoms with Gasteiger partial charge in [-0.3, -0.25) is 0 Å². The summed E-state index contributed by atoms with van der Waals surface area (Å²) in [6.45, 7) is 2.88. The van der Waals surface area contributed by atoms with Gasteiger partial charge in [0, 0.05) is 17.1 Å². The minimum atomic E-state index is -0.499. The van der Waals surface area contributed by atoms with Crippen molar-refractivity contribution in [2.24, 2.45) is 5.73 Å². The first-order valence-corrected chi connectivity index (χ1v) is 6.61. The molecule has 0 amide bonds. The van der Waals surface area contributed by atoms with Gasteiger partial charge in [0.2, 0.25) is 0 Å². The Morgan fingerprint density at radius 1 is 1.40 bits per heavy atom. The second-order valence-electron chi connectivity index (χ2n) is 4.03. The zero-order valence-electron chi connectivity index (χ0n) is 11.0. The maximum Gasteiger partial charge on any atom is 0.361 e. The van der Waals surface area contributed by atoms with Crippen LogP contribution in [-0.4, -0.2) is 34.1 Å². The summed E-state index contributed by atoms with van der Waals surface area (Å²) in [6.07, 6.45) is 0.